The molecule has 0 aliphatic heterocycles. The lowest BCUT2D eigenvalue weighted by Gasteiger charge is -2.08. The van der Waals surface area contributed by atoms with Gasteiger partial charge in [-0.1, -0.05) is 63.4 Å². The van der Waals surface area contributed by atoms with Gasteiger partial charge >= 0.3 is 5.97 Å². The number of carbonyl (C=O) groups is 1. The number of benzene rings is 1. The van der Waals surface area contributed by atoms with E-state index in [9.17, 15) is 9.90 Å². The van der Waals surface area contributed by atoms with Gasteiger partial charge in [0.15, 0.2) is 11.5 Å². The standard InChI is InChI=1S/C24H30N4O2/c1-3-5-7-10-21-26-22(28(27-21)16-6-4-2)17-18-11-13-19(14-12-18)20-9-8-15-25-23(20)24(29)30/h8-9,11-15H,3-7,10,16-17H2,1-2H3,(H,29,30). The number of aryl methyl sites for hydroxylation is 2. The second-order valence-corrected chi connectivity index (χ2v) is 7.56. The number of aromatic nitrogens is 4. The van der Waals surface area contributed by atoms with Crippen LogP contribution in [0.25, 0.3) is 11.1 Å². The summed E-state index contributed by atoms with van der Waals surface area (Å²) in [6.45, 7) is 5.27. The van der Waals surface area contributed by atoms with Crippen LogP contribution in [0.1, 0.15) is 73.7 Å². The lowest BCUT2D eigenvalue weighted by molar-refractivity contribution is 0.0691. The smallest absolute Gasteiger partial charge is 0.355 e. The Morgan fingerprint density at radius 1 is 1.03 bits per heavy atom. The second kappa shape index (κ2) is 10.7. The number of nitrogens with zero attached hydrogens (tertiary/aromatic N) is 4. The van der Waals surface area contributed by atoms with Crippen LogP contribution < -0.4 is 0 Å². The molecule has 0 unspecified atom stereocenters. The zero-order chi connectivity index (χ0) is 21.3. The molecule has 6 nitrogen and oxygen atoms in total. The van der Waals surface area contributed by atoms with Gasteiger partial charge in [-0.3, -0.25) is 0 Å². The molecule has 2 heterocycles. The van der Waals surface area contributed by atoms with E-state index in [-0.39, 0.29) is 5.69 Å². The number of rotatable bonds is 11. The third-order valence-electron chi connectivity index (χ3n) is 5.16. The van der Waals surface area contributed by atoms with E-state index < -0.39 is 5.97 Å². The topological polar surface area (TPSA) is 80.9 Å². The molecule has 0 radical (unpaired) electrons. The highest BCUT2D eigenvalue weighted by Gasteiger charge is 2.14. The van der Waals surface area contributed by atoms with Crippen molar-refractivity contribution in [1.29, 1.82) is 0 Å². The number of carboxylic acids is 1. The minimum atomic E-state index is -1.02. The zero-order valence-corrected chi connectivity index (χ0v) is 17.8. The highest BCUT2D eigenvalue weighted by atomic mass is 16.4. The molecule has 0 aliphatic rings. The summed E-state index contributed by atoms with van der Waals surface area (Å²) in [7, 11) is 0. The monoisotopic (exact) mass is 406 g/mol. The van der Waals surface area contributed by atoms with Crippen molar-refractivity contribution in [3.8, 4) is 11.1 Å². The van der Waals surface area contributed by atoms with E-state index in [1.54, 1.807) is 12.1 Å². The lowest BCUT2D eigenvalue weighted by atomic mass is 10.0. The number of carboxylic acid groups (broad SMARTS) is 1. The van der Waals surface area contributed by atoms with E-state index in [2.05, 4.69) is 23.5 Å². The summed E-state index contributed by atoms with van der Waals surface area (Å²) in [4.78, 5) is 20.3. The predicted octanol–water partition coefficient (Wildman–Crippen LogP) is 5.16. The molecule has 0 atom stereocenters. The fourth-order valence-electron chi connectivity index (χ4n) is 3.48. The van der Waals surface area contributed by atoms with Gasteiger partial charge in [0.25, 0.3) is 0 Å². The van der Waals surface area contributed by atoms with Crippen molar-refractivity contribution in [2.24, 2.45) is 0 Å². The van der Waals surface area contributed by atoms with E-state index in [0.29, 0.717) is 12.0 Å². The first-order valence-corrected chi connectivity index (χ1v) is 10.8. The molecular formula is C24H30N4O2. The Balaban J connectivity index is 1.78. The molecule has 1 aromatic carbocycles. The molecule has 2 aromatic heterocycles. The van der Waals surface area contributed by atoms with Crippen LogP contribution in [0.4, 0.5) is 0 Å². The Labute approximate surface area is 178 Å². The number of pyridine rings is 1. The fraction of sp³-hybridized carbons (Fsp3) is 0.417. The van der Waals surface area contributed by atoms with Crippen molar-refractivity contribution in [1.82, 2.24) is 19.7 Å². The summed E-state index contributed by atoms with van der Waals surface area (Å²) in [6, 6.07) is 11.5. The zero-order valence-electron chi connectivity index (χ0n) is 17.8. The average molecular weight is 407 g/mol. The maximum Gasteiger partial charge on any atom is 0.355 e. The van der Waals surface area contributed by atoms with Crippen molar-refractivity contribution in [2.45, 2.75) is 65.3 Å². The molecule has 3 rings (SSSR count). The molecule has 1 N–H and O–H groups in total. The molecule has 0 amide bonds. The molecule has 0 saturated heterocycles. The Morgan fingerprint density at radius 2 is 1.80 bits per heavy atom. The summed E-state index contributed by atoms with van der Waals surface area (Å²) in [6.07, 6.45) is 8.87. The summed E-state index contributed by atoms with van der Waals surface area (Å²) in [5, 5.41) is 14.1. The van der Waals surface area contributed by atoms with Crippen LogP contribution in [0.3, 0.4) is 0 Å². The van der Waals surface area contributed by atoms with Gasteiger partial charge in [-0.05, 0) is 30.0 Å². The van der Waals surface area contributed by atoms with Gasteiger partial charge < -0.3 is 5.11 Å². The van der Waals surface area contributed by atoms with Crippen molar-refractivity contribution >= 4 is 5.97 Å². The summed E-state index contributed by atoms with van der Waals surface area (Å²) in [5.74, 6) is 0.914. The third-order valence-corrected chi connectivity index (χ3v) is 5.16. The van der Waals surface area contributed by atoms with Crippen molar-refractivity contribution in [2.75, 3.05) is 0 Å². The molecule has 0 fully saturated rings. The second-order valence-electron chi connectivity index (χ2n) is 7.56. The van der Waals surface area contributed by atoms with Crippen LogP contribution in [0, 0.1) is 0 Å². The molecule has 30 heavy (non-hydrogen) atoms. The average Bonchev–Trinajstić information content (AvgIpc) is 3.14. The molecule has 0 spiro atoms. The van der Waals surface area contributed by atoms with Crippen molar-refractivity contribution in [3.05, 3.63) is 65.5 Å². The Bertz CT molecular complexity index is 964. The molecule has 0 aliphatic carbocycles. The molecule has 6 heteroatoms. The first kappa shape index (κ1) is 21.7. The molecule has 0 saturated carbocycles. The van der Waals surface area contributed by atoms with Crippen molar-refractivity contribution < 1.29 is 9.90 Å². The van der Waals surface area contributed by atoms with Crippen LogP contribution in [0.2, 0.25) is 0 Å². The van der Waals surface area contributed by atoms with Crippen LogP contribution in [0.15, 0.2) is 42.6 Å². The highest BCUT2D eigenvalue weighted by molar-refractivity contribution is 5.93. The van der Waals surface area contributed by atoms with Crippen molar-refractivity contribution in [3.63, 3.8) is 0 Å². The normalized spacial score (nSPS) is 11.0. The van der Waals surface area contributed by atoms with Gasteiger partial charge in [0.1, 0.15) is 5.82 Å². The van der Waals surface area contributed by atoms with E-state index in [1.165, 1.54) is 19.0 Å². The van der Waals surface area contributed by atoms with E-state index in [0.717, 1.165) is 55.0 Å². The van der Waals surface area contributed by atoms with Gasteiger partial charge in [-0.2, -0.15) is 5.10 Å². The Kier molecular flexibility index (Phi) is 7.71. The largest absolute Gasteiger partial charge is 0.476 e. The Morgan fingerprint density at radius 3 is 2.50 bits per heavy atom. The highest BCUT2D eigenvalue weighted by Crippen LogP contribution is 2.23. The van der Waals surface area contributed by atoms with Gasteiger partial charge in [0, 0.05) is 31.1 Å². The molecule has 0 bridgehead atoms. The molecule has 3 aromatic rings. The van der Waals surface area contributed by atoms with Crippen LogP contribution in [0.5, 0.6) is 0 Å². The Hall–Kier alpha value is -3.02. The maximum absolute atomic E-state index is 11.4. The van der Waals surface area contributed by atoms with Crippen LogP contribution in [-0.4, -0.2) is 30.8 Å². The van der Waals surface area contributed by atoms with E-state index in [1.807, 2.05) is 24.3 Å². The van der Waals surface area contributed by atoms with E-state index >= 15 is 0 Å². The molecule has 158 valence electrons. The van der Waals surface area contributed by atoms with Crippen LogP contribution >= 0.6 is 0 Å². The van der Waals surface area contributed by atoms with Gasteiger partial charge in [0.05, 0.1) is 0 Å². The van der Waals surface area contributed by atoms with Gasteiger partial charge in [0.2, 0.25) is 0 Å². The maximum atomic E-state index is 11.4. The summed E-state index contributed by atoms with van der Waals surface area (Å²) < 4.78 is 2.06. The first-order valence-electron chi connectivity index (χ1n) is 10.8. The SMILES string of the molecule is CCCCCc1nc(Cc2ccc(-c3cccnc3C(=O)O)cc2)n(CCCC)n1. The third kappa shape index (κ3) is 5.53. The lowest BCUT2D eigenvalue weighted by Crippen LogP contribution is -2.06. The van der Waals surface area contributed by atoms with E-state index in [4.69, 9.17) is 10.1 Å². The van der Waals surface area contributed by atoms with Gasteiger partial charge in [-0.25, -0.2) is 19.4 Å². The minimum absolute atomic E-state index is 0.0706. The number of hydrogen-bond acceptors (Lipinski definition) is 4. The summed E-state index contributed by atoms with van der Waals surface area (Å²) in [5.41, 5.74) is 2.67. The molecular weight excluding hydrogens is 376 g/mol. The first-order chi connectivity index (χ1) is 14.6. The van der Waals surface area contributed by atoms with Gasteiger partial charge in [-0.15, -0.1) is 0 Å². The summed E-state index contributed by atoms with van der Waals surface area (Å²) >= 11 is 0. The minimum Gasteiger partial charge on any atom is -0.476 e. The predicted molar refractivity (Wildman–Crippen MR) is 118 cm³/mol. The number of aromatic carboxylic acids is 1. The quantitative estimate of drug-likeness (QED) is 0.445. The number of hydrogen-bond donors (Lipinski definition) is 1. The van der Waals surface area contributed by atoms with Crippen LogP contribution in [-0.2, 0) is 19.4 Å². The fourth-order valence-corrected chi connectivity index (χ4v) is 3.48. The number of unbranched alkanes of at least 4 members (excludes halogenated alkanes) is 3.